The number of rotatable bonds is 3. The second kappa shape index (κ2) is 5.67. The summed E-state index contributed by atoms with van der Waals surface area (Å²) in [7, 11) is 2.08. The van der Waals surface area contributed by atoms with Gasteiger partial charge in [-0.15, -0.1) is 0 Å². The molecule has 0 unspecified atom stereocenters. The van der Waals surface area contributed by atoms with E-state index in [4.69, 9.17) is 9.26 Å². The third-order valence-electron chi connectivity index (χ3n) is 2.68. The van der Waals surface area contributed by atoms with Crippen LogP contribution in [0.25, 0.3) is 0 Å². The molecule has 8 heteroatoms. The van der Waals surface area contributed by atoms with E-state index in [0.29, 0.717) is 0 Å². The highest BCUT2D eigenvalue weighted by atomic mass is 16.6. The number of hydrogen-bond acceptors (Lipinski definition) is 7. The first-order chi connectivity index (χ1) is 8.69. The zero-order chi connectivity index (χ0) is 13.0. The Bertz CT molecular complexity index is 411. The van der Waals surface area contributed by atoms with Gasteiger partial charge in [0, 0.05) is 13.1 Å². The van der Waals surface area contributed by atoms with Crippen LogP contribution in [0.3, 0.4) is 0 Å². The van der Waals surface area contributed by atoms with Crippen molar-refractivity contribution in [1.29, 1.82) is 0 Å². The van der Waals surface area contributed by atoms with E-state index in [1.54, 1.807) is 17.9 Å². The molecule has 0 amide bonds. The summed E-state index contributed by atoms with van der Waals surface area (Å²) in [6.07, 6.45) is 0.904. The van der Waals surface area contributed by atoms with Gasteiger partial charge in [-0.3, -0.25) is 4.52 Å². The van der Waals surface area contributed by atoms with E-state index in [1.165, 1.54) is 0 Å². The van der Waals surface area contributed by atoms with Gasteiger partial charge in [-0.05, 0) is 13.7 Å². The molecule has 8 nitrogen and oxygen atoms in total. The van der Waals surface area contributed by atoms with Crippen molar-refractivity contribution >= 4 is 12.0 Å². The van der Waals surface area contributed by atoms with Gasteiger partial charge in [0.15, 0.2) is 6.08 Å². The normalized spacial score (nSPS) is 18.1. The van der Waals surface area contributed by atoms with Crippen LogP contribution in [0.15, 0.2) is 15.7 Å². The number of aromatic nitrogens is 2. The minimum atomic E-state index is -0.667. The first kappa shape index (κ1) is 12.6. The van der Waals surface area contributed by atoms with Crippen molar-refractivity contribution < 1.29 is 19.2 Å². The first-order valence-corrected chi connectivity index (χ1v) is 5.90. The number of hydrogen-bond donors (Lipinski definition) is 0. The molecule has 1 aliphatic heterocycles. The average molecular weight is 255 g/mol. The molecule has 100 valence electrons. The van der Waals surface area contributed by atoms with Crippen molar-refractivity contribution in [3.63, 3.8) is 0 Å². The zero-order valence-electron chi connectivity index (χ0n) is 10.6. The van der Waals surface area contributed by atoms with E-state index >= 15 is 0 Å². The largest absolute Gasteiger partial charge is 0.600 e. The molecule has 2 rings (SSSR count). The van der Waals surface area contributed by atoms with Gasteiger partial charge in [-0.25, -0.2) is 0 Å². The third kappa shape index (κ3) is 3.10. The van der Waals surface area contributed by atoms with Crippen molar-refractivity contribution in [2.24, 2.45) is 4.99 Å². The number of piperazine rings is 1. The fourth-order valence-electron chi connectivity index (χ4n) is 1.66. The third-order valence-corrected chi connectivity index (χ3v) is 2.68. The summed E-state index contributed by atoms with van der Waals surface area (Å²) in [4.78, 5) is 7.44. The highest BCUT2D eigenvalue weighted by Crippen LogP contribution is 2.06. The molecule has 0 saturated carbocycles. The van der Waals surface area contributed by atoms with E-state index in [0.717, 1.165) is 26.2 Å². The predicted octanol–water partition coefficient (Wildman–Crippen LogP) is -1.77. The molecule has 1 aromatic heterocycles. The van der Waals surface area contributed by atoms with E-state index in [9.17, 15) is 5.11 Å². The average Bonchev–Trinajstić information content (AvgIpc) is 2.78. The van der Waals surface area contributed by atoms with Crippen molar-refractivity contribution in [2.75, 3.05) is 44.8 Å². The summed E-state index contributed by atoms with van der Waals surface area (Å²) in [6, 6.07) is 0. The van der Waals surface area contributed by atoms with E-state index in [2.05, 4.69) is 22.2 Å². The Labute approximate surface area is 105 Å². The molecule has 0 atom stereocenters. The summed E-state index contributed by atoms with van der Waals surface area (Å²) >= 11 is 0. The second-order valence-corrected chi connectivity index (χ2v) is 4.03. The Hall–Kier alpha value is -1.83. The highest BCUT2D eigenvalue weighted by Gasteiger charge is 2.24. The predicted molar refractivity (Wildman–Crippen MR) is 60.9 cm³/mol. The van der Waals surface area contributed by atoms with Crippen LogP contribution in [-0.4, -0.2) is 56.1 Å². The van der Waals surface area contributed by atoms with Crippen LogP contribution in [0.5, 0.6) is 0 Å². The quantitative estimate of drug-likeness (QED) is 0.361. The monoisotopic (exact) mass is 255 g/mol. The molecule has 18 heavy (non-hydrogen) atoms. The van der Waals surface area contributed by atoms with Crippen molar-refractivity contribution in [1.82, 2.24) is 10.2 Å². The Kier molecular flexibility index (Phi) is 3.98. The van der Waals surface area contributed by atoms with Crippen molar-refractivity contribution in [3.8, 4) is 0 Å². The maximum absolute atomic E-state index is 11.1. The number of likely N-dealkylation sites (N-methyl/N-ethyl adjacent to an activating group) is 1. The molecular formula is C10H17N5O3. The van der Waals surface area contributed by atoms with Gasteiger partial charge in [-0.2, -0.15) is 10.0 Å². The molecule has 1 fully saturated rings. The summed E-state index contributed by atoms with van der Waals surface area (Å²) < 4.78 is 9.64. The van der Waals surface area contributed by atoms with Crippen molar-refractivity contribution in [3.05, 3.63) is 6.20 Å². The van der Waals surface area contributed by atoms with Gasteiger partial charge in [-0.1, -0.05) is 6.92 Å². The van der Waals surface area contributed by atoms with Gasteiger partial charge in [0.05, 0.1) is 17.9 Å². The molecule has 0 aliphatic carbocycles. The summed E-state index contributed by atoms with van der Waals surface area (Å²) in [5.41, 5.74) is 0. The number of nitrogens with zero attached hydrogens (tertiary/aromatic N) is 5. The van der Waals surface area contributed by atoms with E-state index in [-0.39, 0.29) is 12.5 Å². The van der Waals surface area contributed by atoms with Crippen LogP contribution in [0.4, 0.5) is 5.88 Å². The van der Waals surface area contributed by atoms with E-state index in [1.807, 2.05) is 5.01 Å². The summed E-state index contributed by atoms with van der Waals surface area (Å²) in [5, 5.41) is 17.0. The minimum Gasteiger partial charge on any atom is -0.600 e. The summed E-state index contributed by atoms with van der Waals surface area (Å²) in [5.74, 6) is 0.146. The Morgan fingerprint density at radius 1 is 1.56 bits per heavy atom. The second-order valence-electron chi connectivity index (χ2n) is 4.03. The van der Waals surface area contributed by atoms with Crippen LogP contribution >= 0.6 is 0 Å². The van der Waals surface area contributed by atoms with Gasteiger partial charge in [0.25, 0.3) is 6.20 Å². The lowest BCUT2D eigenvalue weighted by atomic mass is 10.4. The van der Waals surface area contributed by atoms with E-state index < -0.39 is 6.08 Å². The first-order valence-electron chi connectivity index (χ1n) is 5.90. The van der Waals surface area contributed by atoms with Crippen molar-refractivity contribution in [2.45, 2.75) is 6.92 Å². The summed E-state index contributed by atoms with van der Waals surface area (Å²) in [6.45, 7) is 5.64. The lowest BCUT2D eigenvalue weighted by Gasteiger charge is -2.26. The van der Waals surface area contributed by atoms with Gasteiger partial charge < -0.3 is 14.7 Å². The molecule has 1 saturated heterocycles. The molecule has 0 aromatic carbocycles. The number of aliphatic imine (C=N–C) groups is 1. The molecule has 1 aromatic rings. The molecule has 1 aliphatic rings. The maximum Gasteiger partial charge on any atom is 0.326 e. The maximum atomic E-state index is 11.1. The van der Waals surface area contributed by atoms with Gasteiger partial charge in [0.2, 0.25) is 5.27 Å². The van der Waals surface area contributed by atoms with Crippen LogP contribution in [0.2, 0.25) is 0 Å². The smallest absolute Gasteiger partial charge is 0.326 e. The number of ether oxygens (including phenoxy) is 1. The standard InChI is InChI=1S/C10H17N5O3/c1-3-17-10(16)11-9-8-15(12-18-9)14-6-4-13(2)5-7-14/h8H,3-7H2,1-2H3. The highest BCUT2D eigenvalue weighted by molar-refractivity contribution is 5.64. The Morgan fingerprint density at radius 3 is 2.94 bits per heavy atom. The zero-order valence-corrected chi connectivity index (χ0v) is 10.6. The lowest BCUT2D eigenvalue weighted by molar-refractivity contribution is -0.759. The molecule has 0 N–H and O–H groups in total. The van der Waals surface area contributed by atoms with Crippen LogP contribution in [0.1, 0.15) is 6.92 Å². The molecule has 0 spiro atoms. The SMILES string of the molecule is CCO/C([O-])=N/c1c[n+](N2CCN(C)CC2)no1. The fraction of sp³-hybridized carbons (Fsp3) is 0.700. The van der Waals surface area contributed by atoms with Gasteiger partial charge >= 0.3 is 5.88 Å². The Balaban J connectivity index is 1.99. The lowest BCUT2D eigenvalue weighted by Crippen LogP contribution is -2.64. The topological polar surface area (TPSA) is 81.0 Å². The van der Waals surface area contributed by atoms with Crippen LogP contribution in [-0.2, 0) is 4.74 Å². The molecular weight excluding hydrogens is 238 g/mol. The Morgan fingerprint density at radius 2 is 2.28 bits per heavy atom. The minimum absolute atomic E-state index is 0.146. The molecule has 0 bridgehead atoms. The fourth-order valence-corrected chi connectivity index (χ4v) is 1.66. The molecule has 2 heterocycles. The van der Waals surface area contributed by atoms with Crippen LogP contribution < -0.4 is 14.9 Å². The van der Waals surface area contributed by atoms with Crippen LogP contribution in [0, 0.1) is 0 Å². The molecule has 0 radical (unpaired) electrons. The van der Waals surface area contributed by atoms with Gasteiger partial charge in [0.1, 0.15) is 0 Å².